The fourth-order valence-electron chi connectivity index (χ4n) is 7.60. The number of amides is 8. The molecule has 20 heteroatoms. The summed E-state index contributed by atoms with van der Waals surface area (Å²) >= 11 is 1.51. The van der Waals surface area contributed by atoms with E-state index in [4.69, 9.17) is 22.9 Å². The average molecular weight is 991 g/mol. The molecule has 0 aliphatic carbocycles. The van der Waals surface area contributed by atoms with Gasteiger partial charge in [-0.05, 0) is 101 Å². The molecule has 8 amide bonds. The number of phenols is 1. The van der Waals surface area contributed by atoms with Gasteiger partial charge in [0.25, 0.3) is 0 Å². The molecule has 0 radical (unpaired) electrons. The predicted octanol–water partition coefficient (Wildman–Crippen LogP) is 2.72. The Bertz CT molecular complexity index is 1670. The van der Waals surface area contributed by atoms with E-state index < -0.39 is 78.1 Å². The Balaban J connectivity index is 3.04. The third kappa shape index (κ3) is 30.3. The number of hydrogen-bond acceptors (Lipinski definition) is 12. The number of aromatic hydroxyl groups is 1. The molecule has 0 saturated heterocycles. The van der Waals surface area contributed by atoms with Crippen LogP contribution in [-0.4, -0.2) is 114 Å². The monoisotopic (exact) mass is 991 g/mol. The molecule has 1 aromatic rings. The highest BCUT2D eigenvalue weighted by Crippen LogP contribution is 2.15. The van der Waals surface area contributed by atoms with Crippen LogP contribution in [0, 0.1) is 0 Å². The molecule has 0 unspecified atom stereocenters. The molecule has 69 heavy (non-hydrogen) atoms. The molecule has 0 fully saturated rings. The number of phenolic OH excluding ortho intramolecular Hbond substituents is 1. The second-order valence-corrected chi connectivity index (χ2v) is 18.7. The first-order valence-corrected chi connectivity index (χ1v) is 26.6. The molecule has 0 spiro atoms. The van der Waals surface area contributed by atoms with Crippen LogP contribution in [0.2, 0.25) is 0 Å². The lowest BCUT2D eigenvalue weighted by molar-refractivity contribution is -0.135. The van der Waals surface area contributed by atoms with Gasteiger partial charge in [0, 0.05) is 19.3 Å². The van der Waals surface area contributed by atoms with Crippen molar-refractivity contribution in [2.24, 2.45) is 22.9 Å². The zero-order valence-corrected chi connectivity index (χ0v) is 42.2. The lowest BCUT2D eigenvalue weighted by Crippen LogP contribution is -2.59. The van der Waals surface area contributed by atoms with Crippen LogP contribution in [0.25, 0.3) is 0 Å². The Labute approximate surface area is 414 Å². The van der Waals surface area contributed by atoms with Gasteiger partial charge in [-0.1, -0.05) is 96.1 Å². The highest BCUT2D eigenvalue weighted by atomic mass is 32.2. The van der Waals surface area contributed by atoms with Crippen LogP contribution in [0.5, 0.6) is 5.75 Å². The maximum Gasteiger partial charge on any atom is 0.243 e. The Hall–Kier alpha value is -4.95. The van der Waals surface area contributed by atoms with Crippen LogP contribution in [0.15, 0.2) is 24.3 Å². The number of benzene rings is 1. The van der Waals surface area contributed by atoms with Crippen LogP contribution in [0.1, 0.15) is 160 Å². The van der Waals surface area contributed by atoms with Crippen LogP contribution >= 0.6 is 11.8 Å². The first-order chi connectivity index (χ1) is 33.1. The Morgan fingerprint density at radius 2 is 0.986 bits per heavy atom. The maximum atomic E-state index is 14.0. The fraction of sp³-hybridized carbons (Fsp3) is 0.714. The molecule has 0 aromatic heterocycles. The molecule has 1 aromatic carbocycles. The number of primary amides is 2. The Kier molecular flexibility index (Phi) is 34.9. The van der Waals surface area contributed by atoms with Gasteiger partial charge in [-0.15, -0.1) is 0 Å². The summed E-state index contributed by atoms with van der Waals surface area (Å²) in [6, 6.07) is -0.00396. The van der Waals surface area contributed by atoms with Gasteiger partial charge < -0.3 is 59.9 Å². The van der Waals surface area contributed by atoms with Gasteiger partial charge in [-0.2, -0.15) is 11.8 Å². The highest BCUT2D eigenvalue weighted by Gasteiger charge is 2.32. The zero-order valence-electron chi connectivity index (χ0n) is 41.4. The van der Waals surface area contributed by atoms with Crippen molar-refractivity contribution in [2.75, 3.05) is 31.6 Å². The van der Waals surface area contributed by atoms with E-state index >= 15 is 0 Å². The molecule has 15 N–H and O–H groups in total. The van der Waals surface area contributed by atoms with Crippen LogP contribution in [0.4, 0.5) is 0 Å². The van der Waals surface area contributed by atoms with Gasteiger partial charge >= 0.3 is 0 Å². The van der Waals surface area contributed by atoms with Crippen molar-refractivity contribution in [1.82, 2.24) is 31.9 Å². The van der Waals surface area contributed by atoms with Crippen molar-refractivity contribution >= 4 is 59.0 Å². The van der Waals surface area contributed by atoms with Gasteiger partial charge in [0.1, 0.15) is 36.0 Å². The minimum absolute atomic E-state index is 0.0371. The van der Waals surface area contributed by atoms with Crippen molar-refractivity contribution in [1.29, 1.82) is 0 Å². The van der Waals surface area contributed by atoms with E-state index in [-0.39, 0.29) is 50.2 Å². The van der Waals surface area contributed by atoms with E-state index in [9.17, 15) is 43.5 Å². The quantitative estimate of drug-likeness (QED) is 0.0422. The number of carbonyl (C=O) groups excluding carboxylic acids is 8. The predicted molar refractivity (Wildman–Crippen MR) is 271 cm³/mol. The van der Waals surface area contributed by atoms with Crippen molar-refractivity contribution in [3.05, 3.63) is 29.8 Å². The summed E-state index contributed by atoms with van der Waals surface area (Å²) in [7, 11) is 0. The van der Waals surface area contributed by atoms with E-state index in [2.05, 4.69) is 38.8 Å². The zero-order chi connectivity index (χ0) is 51.2. The van der Waals surface area contributed by atoms with Crippen molar-refractivity contribution in [3.8, 4) is 5.75 Å². The highest BCUT2D eigenvalue weighted by molar-refractivity contribution is 7.98. The lowest BCUT2D eigenvalue weighted by atomic mass is 10.0. The standard InChI is InChI=1S/C49H86N10O9S/c1-3-4-5-6-7-8-9-10-11-12-13-14-15-22-43(62)55-40(29-32-69-2)46(65)54-34-44(63)56-41(33-35-23-25-36(60)26-24-35)49(68)59-39(27-28-42(52)61)48(67)58-38(21-17-19-31-51)47(66)57-37(45(53)64)20-16-18-30-50/h23-26,37-41,60H,3-22,27-34,50-51H2,1-2H3,(H2,52,61)(H2,53,64)(H,54,65)(H,55,62)(H,56,63)(H,57,66)(H,58,67)(H,59,68)/t37-,38-,39-,40-,41-/m0/s1. The molecule has 0 aliphatic rings. The fourth-order valence-corrected chi connectivity index (χ4v) is 8.07. The van der Waals surface area contributed by atoms with Gasteiger partial charge in [-0.3, -0.25) is 38.4 Å². The average Bonchev–Trinajstić information content (AvgIpc) is 3.31. The van der Waals surface area contributed by atoms with E-state index in [1.54, 1.807) is 0 Å². The molecule has 0 saturated carbocycles. The third-order valence-corrected chi connectivity index (χ3v) is 12.4. The minimum Gasteiger partial charge on any atom is -0.508 e. The SMILES string of the molecule is CCCCCCCCCCCCCCCC(=O)N[C@@H](CCSC)C(=O)NCC(=O)N[C@@H](Cc1ccc(O)cc1)C(=O)N[C@@H](CCC(N)=O)C(=O)N[C@@H](CCCCN)C(=O)N[C@@H](CCCCN)C(N)=O. The molecule has 0 bridgehead atoms. The summed E-state index contributed by atoms with van der Waals surface area (Å²) < 4.78 is 0. The number of thioether (sulfide) groups is 1. The van der Waals surface area contributed by atoms with Gasteiger partial charge in [0.15, 0.2) is 0 Å². The first-order valence-electron chi connectivity index (χ1n) is 25.2. The van der Waals surface area contributed by atoms with Crippen molar-refractivity contribution in [2.45, 2.75) is 191 Å². The van der Waals surface area contributed by atoms with Gasteiger partial charge in [-0.25, -0.2) is 0 Å². The van der Waals surface area contributed by atoms with Gasteiger partial charge in [0.05, 0.1) is 6.54 Å². The largest absolute Gasteiger partial charge is 0.508 e. The second kappa shape index (κ2) is 38.8. The lowest BCUT2D eigenvalue weighted by Gasteiger charge is -2.26. The molecule has 0 aliphatic heterocycles. The van der Waals surface area contributed by atoms with E-state index in [1.807, 2.05) is 6.26 Å². The topological polar surface area (TPSA) is 333 Å². The van der Waals surface area contributed by atoms with Crippen molar-refractivity contribution < 1.29 is 43.5 Å². The normalized spacial score (nSPS) is 13.2. The number of carbonyl (C=O) groups is 8. The molecule has 392 valence electrons. The summed E-state index contributed by atoms with van der Waals surface area (Å²) in [5.41, 5.74) is 22.8. The summed E-state index contributed by atoms with van der Waals surface area (Å²) in [6.07, 6.45) is 19.5. The molecular weight excluding hydrogens is 905 g/mol. The smallest absolute Gasteiger partial charge is 0.243 e. The summed E-state index contributed by atoms with van der Waals surface area (Å²) in [6.45, 7) is 2.37. The van der Waals surface area contributed by atoms with E-state index in [0.717, 1.165) is 19.3 Å². The first kappa shape index (κ1) is 62.1. The number of hydrogen-bond donors (Lipinski definition) is 11. The number of nitrogens with two attached hydrogens (primary N) is 4. The van der Waals surface area contributed by atoms with Gasteiger partial charge in [0.2, 0.25) is 47.3 Å². The van der Waals surface area contributed by atoms with Crippen molar-refractivity contribution in [3.63, 3.8) is 0 Å². The number of unbranched alkanes of at least 4 members (excludes halogenated alkanes) is 14. The van der Waals surface area contributed by atoms with Crippen LogP contribution < -0.4 is 54.8 Å². The second-order valence-electron chi connectivity index (χ2n) is 17.8. The summed E-state index contributed by atoms with van der Waals surface area (Å²) in [5.74, 6) is -4.95. The molecule has 1 rings (SSSR count). The van der Waals surface area contributed by atoms with Crippen LogP contribution in [0.3, 0.4) is 0 Å². The molecule has 0 heterocycles. The van der Waals surface area contributed by atoms with E-state index in [0.29, 0.717) is 62.9 Å². The van der Waals surface area contributed by atoms with Crippen LogP contribution in [-0.2, 0) is 44.8 Å². The molecular formula is C49H86N10O9S. The maximum absolute atomic E-state index is 14.0. The number of rotatable bonds is 42. The molecule has 19 nitrogen and oxygen atoms in total. The Morgan fingerprint density at radius 1 is 0.522 bits per heavy atom. The Morgan fingerprint density at radius 3 is 1.49 bits per heavy atom. The summed E-state index contributed by atoms with van der Waals surface area (Å²) in [4.78, 5) is 105. The third-order valence-electron chi connectivity index (χ3n) is 11.7. The molecule has 5 atom stereocenters. The minimum atomic E-state index is -1.43. The summed E-state index contributed by atoms with van der Waals surface area (Å²) in [5, 5.41) is 25.7. The van der Waals surface area contributed by atoms with E-state index in [1.165, 1.54) is 93.8 Å². The number of nitrogens with one attached hydrogen (secondary N) is 6.